The Morgan fingerprint density at radius 2 is 1.79 bits per heavy atom. The molecule has 0 aliphatic carbocycles. The standard InChI is InChI=1S/C13H23N/c1-10(2)12(5)8-6-7-9-13(14)11(3)4/h12,14H,1,3,6-9H2,2,4-5H3/t12-/m0/s1. The normalized spacial score (nSPS) is 12.2. The molecule has 0 aliphatic heterocycles. The van der Waals surface area contributed by atoms with Crippen LogP contribution in [-0.2, 0) is 0 Å². The fourth-order valence-electron chi connectivity index (χ4n) is 1.21. The van der Waals surface area contributed by atoms with Crippen molar-refractivity contribution in [1.82, 2.24) is 0 Å². The van der Waals surface area contributed by atoms with Gasteiger partial charge in [0.05, 0.1) is 0 Å². The summed E-state index contributed by atoms with van der Waals surface area (Å²) in [5, 5.41) is 7.60. The van der Waals surface area contributed by atoms with Crippen molar-refractivity contribution in [2.75, 3.05) is 0 Å². The van der Waals surface area contributed by atoms with Crippen molar-refractivity contribution < 1.29 is 0 Å². The highest BCUT2D eigenvalue weighted by Crippen LogP contribution is 2.16. The van der Waals surface area contributed by atoms with E-state index in [0.717, 1.165) is 18.4 Å². The predicted octanol–water partition coefficient (Wildman–Crippen LogP) is 4.35. The third-order valence-corrected chi connectivity index (χ3v) is 2.67. The van der Waals surface area contributed by atoms with Gasteiger partial charge in [0, 0.05) is 5.71 Å². The van der Waals surface area contributed by atoms with Crippen molar-refractivity contribution in [2.24, 2.45) is 5.92 Å². The Balaban J connectivity index is 3.52. The monoisotopic (exact) mass is 193 g/mol. The van der Waals surface area contributed by atoms with E-state index in [1.807, 2.05) is 6.92 Å². The van der Waals surface area contributed by atoms with Gasteiger partial charge in [-0.1, -0.05) is 32.1 Å². The summed E-state index contributed by atoms with van der Waals surface area (Å²) in [5.74, 6) is 0.619. The van der Waals surface area contributed by atoms with Gasteiger partial charge in [-0.05, 0) is 44.6 Å². The predicted molar refractivity (Wildman–Crippen MR) is 65.0 cm³/mol. The second kappa shape index (κ2) is 6.58. The molecule has 0 heterocycles. The van der Waals surface area contributed by atoms with Crippen LogP contribution in [0.5, 0.6) is 0 Å². The molecule has 14 heavy (non-hydrogen) atoms. The van der Waals surface area contributed by atoms with E-state index in [0.29, 0.717) is 11.6 Å². The molecule has 0 amide bonds. The van der Waals surface area contributed by atoms with Gasteiger partial charge in [-0.15, -0.1) is 0 Å². The van der Waals surface area contributed by atoms with Crippen LogP contribution in [0.15, 0.2) is 24.3 Å². The Kier molecular flexibility index (Phi) is 6.18. The van der Waals surface area contributed by atoms with Crippen molar-refractivity contribution in [3.63, 3.8) is 0 Å². The van der Waals surface area contributed by atoms with Crippen LogP contribution in [0, 0.1) is 11.3 Å². The fourth-order valence-corrected chi connectivity index (χ4v) is 1.21. The summed E-state index contributed by atoms with van der Waals surface area (Å²) >= 11 is 0. The lowest BCUT2D eigenvalue weighted by Crippen LogP contribution is -1.99. The molecule has 0 fully saturated rings. The molecular weight excluding hydrogens is 170 g/mol. The summed E-state index contributed by atoms with van der Waals surface area (Å²) in [6.07, 6.45) is 4.35. The molecule has 0 rings (SSSR count). The third-order valence-electron chi connectivity index (χ3n) is 2.67. The van der Waals surface area contributed by atoms with Gasteiger partial charge >= 0.3 is 0 Å². The zero-order valence-corrected chi connectivity index (χ0v) is 9.82. The lowest BCUT2D eigenvalue weighted by molar-refractivity contribution is 0.566. The summed E-state index contributed by atoms with van der Waals surface area (Å²) in [6, 6.07) is 0. The van der Waals surface area contributed by atoms with E-state index in [-0.39, 0.29) is 0 Å². The largest absolute Gasteiger partial charge is 0.305 e. The van der Waals surface area contributed by atoms with Gasteiger partial charge in [-0.2, -0.15) is 0 Å². The molecule has 0 spiro atoms. The van der Waals surface area contributed by atoms with Gasteiger partial charge in [0.15, 0.2) is 0 Å². The molecule has 1 heteroatoms. The van der Waals surface area contributed by atoms with Gasteiger partial charge in [0.2, 0.25) is 0 Å². The average molecular weight is 193 g/mol. The van der Waals surface area contributed by atoms with Gasteiger partial charge < -0.3 is 5.41 Å². The highest BCUT2D eigenvalue weighted by molar-refractivity contribution is 5.96. The molecule has 1 N–H and O–H groups in total. The van der Waals surface area contributed by atoms with E-state index >= 15 is 0 Å². The van der Waals surface area contributed by atoms with Crippen molar-refractivity contribution in [3.05, 3.63) is 24.3 Å². The molecule has 1 nitrogen and oxygen atoms in total. The lowest BCUT2D eigenvalue weighted by atomic mass is 9.96. The summed E-state index contributed by atoms with van der Waals surface area (Å²) < 4.78 is 0. The second-order valence-electron chi connectivity index (χ2n) is 4.25. The Hall–Kier alpha value is -0.850. The van der Waals surface area contributed by atoms with Crippen LogP contribution in [0.3, 0.4) is 0 Å². The topological polar surface area (TPSA) is 23.9 Å². The number of rotatable bonds is 7. The highest BCUT2D eigenvalue weighted by Gasteiger charge is 2.02. The molecule has 0 aliphatic rings. The minimum absolute atomic E-state index is 0.619. The molecule has 0 radical (unpaired) electrons. The molecule has 0 bridgehead atoms. The van der Waals surface area contributed by atoms with Crippen molar-refractivity contribution >= 4 is 5.71 Å². The fraction of sp³-hybridized carbons (Fsp3) is 0.615. The maximum absolute atomic E-state index is 7.60. The van der Waals surface area contributed by atoms with Gasteiger partial charge in [0.25, 0.3) is 0 Å². The van der Waals surface area contributed by atoms with Crippen LogP contribution in [0.1, 0.15) is 46.5 Å². The molecule has 0 saturated carbocycles. The van der Waals surface area contributed by atoms with Crippen LogP contribution in [-0.4, -0.2) is 5.71 Å². The van der Waals surface area contributed by atoms with Crippen molar-refractivity contribution in [3.8, 4) is 0 Å². The number of allylic oxidation sites excluding steroid dienone is 2. The lowest BCUT2D eigenvalue weighted by Gasteiger charge is -2.10. The Labute approximate surface area is 88.4 Å². The van der Waals surface area contributed by atoms with Gasteiger partial charge in [-0.3, -0.25) is 0 Å². The molecule has 0 aromatic carbocycles. The minimum Gasteiger partial charge on any atom is -0.305 e. The summed E-state index contributed by atoms with van der Waals surface area (Å²) in [5.41, 5.74) is 2.87. The van der Waals surface area contributed by atoms with E-state index in [1.165, 1.54) is 18.4 Å². The maximum atomic E-state index is 7.60. The van der Waals surface area contributed by atoms with Crippen molar-refractivity contribution in [1.29, 1.82) is 5.41 Å². The maximum Gasteiger partial charge on any atom is 0.0337 e. The Bertz CT molecular complexity index is 225. The summed E-state index contributed by atoms with van der Waals surface area (Å²) in [7, 11) is 0. The minimum atomic E-state index is 0.619. The first-order valence-electron chi connectivity index (χ1n) is 5.33. The molecule has 1 atom stereocenters. The quantitative estimate of drug-likeness (QED) is 0.353. The number of hydrogen-bond acceptors (Lipinski definition) is 1. The zero-order chi connectivity index (χ0) is 11.1. The first-order chi connectivity index (χ1) is 6.45. The van der Waals surface area contributed by atoms with Crippen LogP contribution in [0.4, 0.5) is 0 Å². The second-order valence-corrected chi connectivity index (χ2v) is 4.25. The third kappa shape index (κ3) is 5.74. The number of unbranched alkanes of at least 4 members (excludes halogenated alkanes) is 1. The smallest absolute Gasteiger partial charge is 0.0337 e. The summed E-state index contributed by atoms with van der Waals surface area (Å²) in [6.45, 7) is 13.9. The van der Waals surface area contributed by atoms with Crippen LogP contribution >= 0.6 is 0 Å². The summed E-state index contributed by atoms with van der Waals surface area (Å²) in [4.78, 5) is 0. The van der Waals surface area contributed by atoms with Crippen LogP contribution in [0.25, 0.3) is 0 Å². The first-order valence-corrected chi connectivity index (χ1v) is 5.33. The van der Waals surface area contributed by atoms with E-state index in [4.69, 9.17) is 5.41 Å². The first kappa shape index (κ1) is 13.2. The van der Waals surface area contributed by atoms with E-state index in [2.05, 4.69) is 27.0 Å². The molecule has 0 aromatic heterocycles. The molecule has 0 unspecified atom stereocenters. The molecule has 0 aromatic rings. The average Bonchev–Trinajstić information content (AvgIpc) is 2.11. The highest BCUT2D eigenvalue weighted by atomic mass is 14.4. The van der Waals surface area contributed by atoms with Crippen LogP contribution < -0.4 is 0 Å². The Morgan fingerprint density at radius 1 is 1.21 bits per heavy atom. The number of hydrogen-bond donors (Lipinski definition) is 1. The van der Waals surface area contributed by atoms with E-state index in [1.54, 1.807) is 0 Å². The van der Waals surface area contributed by atoms with Crippen molar-refractivity contribution in [2.45, 2.75) is 46.5 Å². The van der Waals surface area contributed by atoms with Crippen LogP contribution in [0.2, 0.25) is 0 Å². The Morgan fingerprint density at radius 3 is 2.21 bits per heavy atom. The molecular formula is C13H23N. The SMILES string of the molecule is C=C(C)C(=N)CCCC[C@H](C)C(=C)C. The molecule has 80 valence electrons. The van der Waals surface area contributed by atoms with E-state index in [9.17, 15) is 0 Å². The van der Waals surface area contributed by atoms with Gasteiger partial charge in [0.1, 0.15) is 0 Å². The van der Waals surface area contributed by atoms with Gasteiger partial charge in [-0.25, -0.2) is 0 Å². The zero-order valence-electron chi connectivity index (χ0n) is 9.82. The number of nitrogens with one attached hydrogen (secondary N) is 1. The van der Waals surface area contributed by atoms with E-state index < -0.39 is 0 Å². The molecule has 0 saturated heterocycles.